The average molecular weight is 194 g/mol. The number of hydrogen-bond donors (Lipinski definition) is 2. The molecule has 1 heterocycles. The van der Waals surface area contributed by atoms with Gasteiger partial charge in [0.05, 0.1) is 0 Å². The number of nitrogens with one attached hydrogen (secondary N) is 2. The van der Waals surface area contributed by atoms with Gasteiger partial charge in [0.15, 0.2) is 4.77 Å². The van der Waals surface area contributed by atoms with E-state index in [2.05, 4.69) is 22.1 Å². The minimum Gasteiger partial charge on any atom is -0.337 e. The molecular weight excluding hydrogens is 180 g/mol. The summed E-state index contributed by atoms with van der Waals surface area (Å²) < 4.78 is 0.731. The van der Waals surface area contributed by atoms with E-state index < -0.39 is 0 Å². The van der Waals surface area contributed by atoms with Crippen molar-refractivity contribution in [2.75, 3.05) is 0 Å². The monoisotopic (exact) mass is 194 g/mol. The first kappa shape index (κ1) is 8.75. The minimum absolute atomic E-state index is 0.704. The van der Waals surface area contributed by atoms with Crippen LogP contribution in [0.4, 0.5) is 0 Å². The molecule has 1 unspecified atom stereocenters. The van der Waals surface area contributed by atoms with Gasteiger partial charge in [-0.3, -0.25) is 0 Å². The molecule has 2 nitrogen and oxygen atoms in total. The van der Waals surface area contributed by atoms with Gasteiger partial charge in [-0.05, 0) is 43.8 Å². The summed E-state index contributed by atoms with van der Waals surface area (Å²) in [5, 5.41) is 0. The lowest BCUT2D eigenvalue weighted by Gasteiger charge is -2.14. The molecule has 0 bridgehead atoms. The number of imidazole rings is 1. The quantitative estimate of drug-likeness (QED) is 0.550. The van der Waals surface area contributed by atoms with Gasteiger partial charge in [0, 0.05) is 11.9 Å². The van der Waals surface area contributed by atoms with Crippen LogP contribution < -0.4 is 0 Å². The number of aromatic amines is 2. The van der Waals surface area contributed by atoms with Crippen LogP contribution in [0.2, 0.25) is 0 Å². The topological polar surface area (TPSA) is 31.6 Å². The van der Waals surface area contributed by atoms with Gasteiger partial charge in [0.25, 0.3) is 0 Å². The molecule has 0 amide bonds. The van der Waals surface area contributed by atoms with Crippen LogP contribution in [-0.4, -0.2) is 9.97 Å². The number of aromatic nitrogens is 2. The Morgan fingerprint density at radius 1 is 1.54 bits per heavy atom. The van der Waals surface area contributed by atoms with Crippen molar-refractivity contribution in [3.63, 3.8) is 0 Å². The molecule has 1 aliphatic rings. The average Bonchev–Trinajstić information content (AvgIpc) is 2.53. The van der Waals surface area contributed by atoms with Crippen LogP contribution >= 0.6 is 12.2 Å². The number of hydrogen-bond acceptors (Lipinski definition) is 1. The summed E-state index contributed by atoms with van der Waals surface area (Å²) in [7, 11) is 0. The van der Waals surface area contributed by atoms with Crippen LogP contribution in [0.1, 0.15) is 25.0 Å². The molecule has 1 aromatic heterocycles. The van der Waals surface area contributed by atoms with Gasteiger partial charge >= 0.3 is 0 Å². The standard InChI is InChI=1S/C10H14N2S/c13-10-11-7-9(12-10)6-8-4-2-1-3-5-8/h2,4,7-8H,1,3,5-6H2,(H2,11,12,13). The Hall–Kier alpha value is -0.830. The molecule has 1 atom stereocenters. The van der Waals surface area contributed by atoms with E-state index in [9.17, 15) is 0 Å². The first-order valence-corrected chi connectivity index (χ1v) is 5.18. The molecule has 1 aromatic rings. The highest BCUT2D eigenvalue weighted by Crippen LogP contribution is 2.20. The first-order chi connectivity index (χ1) is 6.34. The fourth-order valence-corrected chi connectivity index (χ4v) is 2.01. The summed E-state index contributed by atoms with van der Waals surface area (Å²) in [6.45, 7) is 0. The molecule has 0 saturated heterocycles. The zero-order valence-corrected chi connectivity index (χ0v) is 8.36. The third-order valence-electron chi connectivity index (χ3n) is 2.49. The van der Waals surface area contributed by atoms with E-state index in [-0.39, 0.29) is 0 Å². The Morgan fingerprint density at radius 2 is 2.46 bits per heavy atom. The summed E-state index contributed by atoms with van der Waals surface area (Å²) in [6.07, 6.45) is 11.6. The summed E-state index contributed by atoms with van der Waals surface area (Å²) in [6, 6.07) is 0. The molecule has 70 valence electrons. The van der Waals surface area contributed by atoms with Gasteiger partial charge in [-0.2, -0.15) is 0 Å². The van der Waals surface area contributed by atoms with Crippen LogP contribution in [0.15, 0.2) is 18.3 Å². The van der Waals surface area contributed by atoms with E-state index in [4.69, 9.17) is 12.2 Å². The molecule has 2 N–H and O–H groups in total. The molecule has 0 saturated carbocycles. The lowest BCUT2D eigenvalue weighted by molar-refractivity contribution is 0.534. The van der Waals surface area contributed by atoms with Crippen molar-refractivity contribution in [3.8, 4) is 0 Å². The Labute approximate surface area is 83.1 Å². The van der Waals surface area contributed by atoms with Crippen LogP contribution in [0.3, 0.4) is 0 Å². The van der Waals surface area contributed by atoms with Gasteiger partial charge in [-0.15, -0.1) is 0 Å². The highest BCUT2D eigenvalue weighted by molar-refractivity contribution is 7.71. The van der Waals surface area contributed by atoms with Gasteiger partial charge in [0.1, 0.15) is 0 Å². The van der Waals surface area contributed by atoms with E-state index in [1.165, 1.54) is 25.0 Å². The van der Waals surface area contributed by atoms with Crippen molar-refractivity contribution in [1.29, 1.82) is 0 Å². The maximum absolute atomic E-state index is 4.97. The fourth-order valence-electron chi connectivity index (χ4n) is 1.82. The largest absolute Gasteiger partial charge is 0.337 e. The summed E-state index contributed by atoms with van der Waals surface area (Å²) in [5.74, 6) is 0.704. The third kappa shape index (κ3) is 2.31. The third-order valence-corrected chi connectivity index (χ3v) is 2.71. The van der Waals surface area contributed by atoms with Gasteiger partial charge in [0.2, 0.25) is 0 Å². The molecule has 2 rings (SSSR count). The van der Waals surface area contributed by atoms with Gasteiger partial charge < -0.3 is 9.97 Å². The van der Waals surface area contributed by atoms with Crippen LogP contribution in [-0.2, 0) is 6.42 Å². The van der Waals surface area contributed by atoms with Gasteiger partial charge in [-0.25, -0.2) is 0 Å². The lowest BCUT2D eigenvalue weighted by Crippen LogP contribution is -2.04. The highest BCUT2D eigenvalue weighted by atomic mass is 32.1. The number of H-pyrrole nitrogens is 2. The molecule has 0 aliphatic heterocycles. The molecule has 13 heavy (non-hydrogen) atoms. The Kier molecular flexibility index (Phi) is 2.64. The lowest BCUT2D eigenvalue weighted by atomic mass is 9.92. The van der Waals surface area contributed by atoms with E-state index in [1.807, 2.05) is 6.20 Å². The zero-order valence-electron chi connectivity index (χ0n) is 7.55. The van der Waals surface area contributed by atoms with Crippen molar-refractivity contribution >= 4 is 12.2 Å². The predicted molar refractivity (Wildman–Crippen MR) is 56.2 cm³/mol. The molecular formula is C10H14N2S. The maximum Gasteiger partial charge on any atom is 0.174 e. The Balaban J connectivity index is 2.01. The van der Waals surface area contributed by atoms with Crippen LogP contribution in [0, 0.1) is 10.7 Å². The fraction of sp³-hybridized carbons (Fsp3) is 0.500. The van der Waals surface area contributed by atoms with Crippen molar-refractivity contribution < 1.29 is 0 Å². The van der Waals surface area contributed by atoms with Crippen molar-refractivity contribution in [3.05, 3.63) is 28.8 Å². The van der Waals surface area contributed by atoms with E-state index in [0.717, 1.165) is 11.2 Å². The summed E-state index contributed by atoms with van der Waals surface area (Å²) in [5.41, 5.74) is 1.22. The molecule has 1 aliphatic carbocycles. The first-order valence-electron chi connectivity index (χ1n) is 4.78. The maximum atomic E-state index is 4.97. The summed E-state index contributed by atoms with van der Waals surface area (Å²) >= 11 is 4.97. The zero-order chi connectivity index (χ0) is 9.10. The Bertz CT molecular complexity index is 348. The molecule has 0 aromatic carbocycles. The second kappa shape index (κ2) is 3.92. The predicted octanol–water partition coefficient (Wildman–Crippen LogP) is 2.97. The van der Waals surface area contributed by atoms with E-state index in [1.54, 1.807) is 0 Å². The smallest absolute Gasteiger partial charge is 0.174 e. The van der Waals surface area contributed by atoms with Crippen LogP contribution in [0.25, 0.3) is 0 Å². The van der Waals surface area contributed by atoms with Crippen molar-refractivity contribution in [1.82, 2.24) is 9.97 Å². The van der Waals surface area contributed by atoms with Crippen molar-refractivity contribution in [2.24, 2.45) is 5.92 Å². The molecule has 0 fully saturated rings. The Morgan fingerprint density at radius 3 is 3.08 bits per heavy atom. The normalized spacial score (nSPS) is 22.0. The highest BCUT2D eigenvalue weighted by Gasteiger charge is 2.09. The summed E-state index contributed by atoms with van der Waals surface area (Å²) in [4.78, 5) is 6.14. The SMILES string of the molecule is S=c1[nH]cc(CC2C=CCCC2)[nH]1. The number of allylic oxidation sites excluding steroid dienone is 2. The number of rotatable bonds is 2. The van der Waals surface area contributed by atoms with Crippen molar-refractivity contribution in [2.45, 2.75) is 25.7 Å². The second-order valence-corrected chi connectivity index (χ2v) is 4.00. The van der Waals surface area contributed by atoms with Crippen LogP contribution in [0.5, 0.6) is 0 Å². The minimum atomic E-state index is 0.704. The van der Waals surface area contributed by atoms with E-state index in [0.29, 0.717) is 5.92 Å². The molecule has 0 spiro atoms. The second-order valence-electron chi connectivity index (χ2n) is 3.59. The van der Waals surface area contributed by atoms with E-state index >= 15 is 0 Å². The van der Waals surface area contributed by atoms with Gasteiger partial charge in [-0.1, -0.05) is 12.2 Å². The molecule has 3 heteroatoms. The molecule has 0 radical (unpaired) electrons.